The summed E-state index contributed by atoms with van der Waals surface area (Å²) in [5, 5.41) is 3.41. The highest BCUT2D eigenvalue weighted by Crippen LogP contribution is 2.38. The smallest absolute Gasteiger partial charge is 0.341 e. The van der Waals surface area contributed by atoms with Crippen LogP contribution in [-0.4, -0.2) is 25.0 Å². The highest BCUT2D eigenvalue weighted by molar-refractivity contribution is 7.17. The minimum absolute atomic E-state index is 0.236. The Labute approximate surface area is 128 Å². The van der Waals surface area contributed by atoms with Crippen LogP contribution in [0.2, 0.25) is 0 Å². The molecule has 21 heavy (non-hydrogen) atoms. The van der Waals surface area contributed by atoms with Crippen LogP contribution in [0.3, 0.4) is 0 Å². The first kappa shape index (κ1) is 16.0. The Morgan fingerprint density at radius 2 is 2.10 bits per heavy atom. The number of nitrogens with one attached hydrogen (secondary N) is 1. The number of amides is 1. The molecule has 1 heterocycles. The van der Waals surface area contributed by atoms with Crippen LogP contribution in [-0.2, 0) is 22.4 Å². The molecule has 1 aromatic heterocycles. The third-order valence-electron chi connectivity index (χ3n) is 3.73. The number of aryl methyl sites for hydroxylation is 1. The Bertz CT molecular complexity index is 539. The minimum Gasteiger partial charge on any atom is -0.465 e. The number of esters is 1. The van der Waals surface area contributed by atoms with E-state index >= 15 is 0 Å². The number of carbonyl (C=O) groups is 2. The first-order chi connectivity index (χ1) is 10.1. The number of hydrogen-bond donors (Lipinski definition) is 2. The van der Waals surface area contributed by atoms with Crippen LogP contribution in [0.4, 0.5) is 5.00 Å². The Morgan fingerprint density at radius 3 is 2.76 bits per heavy atom. The van der Waals surface area contributed by atoms with Crippen LogP contribution in [0.15, 0.2) is 0 Å². The van der Waals surface area contributed by atoms with Gasteiger partial charge in [-0.15, -0.1) is 11.3 Å². The molecule has 0 spiro atoms. The lowest BCUT2D eigenvalue weighted by atomic mass is 9.95. The van der Waals surface area contributed by atoms with E-state index in [1.54, 1.807) is 0 Å². The summed E-state index contributed by atoms with van der Waals surface area (Å²) < 4.78 is 4.88. The molecular weight excluding hydrogens is 288 g/mol. The van der Waals surface area contributed by atoms with E-state index in [4.69, 9.17) is 10.5 Å². The van der Waals surface area contributed by atoms with E-state index in [1.165, 1.54) is 23.3 Å². The summed E-state index contributed by atoms with van der Waals surface area (Å²) in [6.07, 6.45) is 5.49. The summed E-state index contributed by atoms with van der Waals surface area (Å²) in [6, 6.07) is -0.542. The van der Waals surface area contributed by atoms with Crippen LogP contribution in [0.1, 0.15) is 53.4 Å². The normalized spacial score (nSPS) is 15.2. The SMILES string of the molecule is CCC[C@@H](N)C(=O)Nc1sc2c(c1C(=O)OC)CCCC2. The van der Waals surface area contributed by atoms with Crippen LogP contribution < -0.4 is 11.1 Å². The third kappa shape index (κ3) is 3.44. The molecule has 3 N–H and O–H groups in total. The Balaban J connectivity index is 2.28. The Morgan fingerprint density at radius 1 is 1.38 bits per heavy atom. The second-order valence-electron chi connectivity index (χ2n) is 5.29. The Hall–Kier alpha value is -1.40. The van der Waals surface area contributed by atoms with Gasteiger partial charge in [-0.25, -0.2) is 4.79 Å². The van der Waals surface area contributed by atoms with Gasteiger partial charge in [-0.3, -0.25) is 4.79 Å². The molecule has 0 saturated heterocycles. The molecule has 1 aliphatic rings. The Kier molecular flexibility index (Phi) is 5.36. The highest BCUT2D eigenvalue weighted by atomic mass is 32.1. The van der Waals surface area contributed by atoms with Gasteiger partial charge < -0.3 is 15.8 Å². The molecule has 0 aromatic carbocycles. The lowest BCUT2D eigenvalue weighted by Gasteiger charge is -2.12. The van der Waals surface area contributed by atoms with Gasteiger partial charge in [0.25, 0.3) is 0 Å². The molecule has 2 rings (SSSR count). The molecule has 0 aliphatic heterocycles. The molecule has 6 heteroatoms. The summed E-state index contributed by atoms with van der Waals surface area (Å²) in [6.45, 7) is 1.98. The zero-order valence-electron chi connectivity index (χ0n) is 12.5. The third-order valence-corrected chi connectivity index (χ3v) is 4.94. The highest BCUT2D eigenvalue weighted by Gasteiger charge is 2.27. The number of anilines is 1. The van der Waals surface area contributed by atoms with Crippen LogP contribution in [0, 0.1) is 0 Å². The first-order valence-electron chi connectivity index (χ1n) is 7.37. The topological polar surface area (TPSA) is 81.4 Å². The zero-order chi connectivity index (χ0) is 15.4. The van der Waals surface area contributed by atoms with Crippen molar-refractivity contribution in [3.05, 3.63) is 16.0 Å². The van der Waals surface area contributed by atoms with Gasteiger partial charge in [0.1, 0.15) is 5.00 Å². The number of ether oxygens (including phenoxy) is 1. The van der Waals surface area contributed by atoms with Crippen molar-refractivity contribution in [3.8, 4) is 0 Å². The zero-order valence-corrected chi connectivity index (χ0v) is 13.3. The van der Waals surface area contributed by atoms with Gasteiger partial charge in [0, 0.05) is 4.88 Å². The van der Waals surface area contributed by atoms with E-state index < -0.39 is 6.04 Å². The maximum atomic E-state index is 12.1. The lowest BCUT2D eigenvalue weighted by molar-refractivity contribution is -0.117. The predicted octanol–water partition coefficient (Wildman–Crippen LogP) is 2.48. The fourth-order valence-corrected chi connectivity index (χ4v) is 3.90. The fraction of sp³-hybridized carbons (Fsp3) is 0.600. The van der Waals surface area contributed by atoms with E-state index in [2.05, 4.69) is 5.32 Å². The summed E-state index contributed by atoms with van der Waals surface area (Å²) in [7, 11) is 1.36. The van der Waals surface area contributed by atoms with Crippen LogP contribution in [0.25, 0.3) is 0 Å². The molecule has 0 saturated carbocycles. The van der Waals surface area contributed by atoms with Crippen molar-refractivity contribution in [1.29, 1.82) is 0 Å². The fourth-order valence-electron chi connectivity index (χ4n) is 2.62. The second kappa shape index (κ2) is 7.04. The molecule has 1 aliphatic carbocycles. The summed E-state index contributed by atoms with van der Waals surface area (Å²) in [5.74, 6) is -0.616. The van der Waals surface area contributed by atoms with Gasteiger partial charge in [-0.2, -0.15) is 0 Å². The molecular formula is C15H22N2O3S. The van der Waals surface area contributed by atoms with Gasteiger partial charge in [0.2, 0.25) is 5.91 Å². The van der Waals surface area contributed by atoms with Crippen LogP contribution in [0.5, 0.6) is 0 Å². The molecule has 116 valence electrons. The molecule has 1 aromatic rings. The van der Waals surface area contributed by atoms with Gasteiger partial charge >= 0.3 is 5.97 Å². The average molecular weight is 310 g/mol. The van der Waals surface area contributed by atoms with E-state index in [1.807, 2.05) is 6.92 Å². The standard InChI is InChI=1S/C15H22N2O3S/c1-3-6-10(16)13(18)17-14-12(15(19)20-2)9-7-4-5-8-11(9)21-14/h10H,3-8,16H2,1-2H3,(H,17,18)/t10-/m1/s1. The molecule has 0 fully saturated rings. The molecule has 5 nitrogen and oxygen atoms in total. The largest absolute Gasteiger partial charge is 0.465 e. The van der Waals surface area contributed by atoms with Crippen molar-refractivity contribution in [3.63, 3.8) is 0 Å². The maximum absolute atomic E-state index is 12.1. The quantitative estimate of drug-likeness (QED) is 0.819. The van der Waals surface area contributed by atoms with E-state index in [9.17, 15) is 9.59 Å². The number of methoxy groups -OCH3 is 1. The van der Waals surface area contributed by atoms with Crippen molar-refractivity contribution in [2.45, 2.75) is 51.5 Å². The molecule has 0 bridgehead atoms. The molecule has 0 unspecified atom stereocenters. The number of carbonyl (C=O) groups excluding carboxylic acids is 2. The van der Waals surface area contributed by atoms with Crippen molar-refractivity contribution >= 4 is 28.2 Å². The van der Waals surface area contributed by atoms with Gasteiger partial charge in [-0.05, 0) is 37.7 Å². The summed E-state index contributed by atoms with van der Waals surface area (Å²) in [4.78, 5) is 25.3. The van der Waals surface area contributed by atoms with Crippen LogP contribution >= 0.6 is 11.3 Å². The van der Waals surface area contributed by atoms with Gasteiger partial charge in [-0.1, -0.05) is 13.3 Å². The summed E-state index contributed by atoms with van der Waals surface area (Å²) in [5.41, 5.74) is 7.39. The van der Waals surface area contributed by atoms with Crippen molar-refractivity contribution < 1.29 is 14.3 Å². The maximum Gasteiger partial charge on any atom is 0.341 e. The molecule has 1 atom stereocenters. The first-order valence-corrected chi connectivity index (χ1v) is 8.19. The van der Waals surface area contributed by atoms with E-state index in [0.717, 1.165) is 37.7 Å². The van der Waals surface area contributed by atoms with Gasteiger partial charge in [0.15, 0.2) is 0 Å². The molecule has 1 amide bonds. The number of rotatable bonds is 5. The van der Waals surface area contributed by atoms with Crippen molar-refractivity contribution in [2.24, 2.45) is 5.73 Å². The predicted molar refractivity (Wildman–Crippen MR) is 83.8 cm³/mol. The van der Waals surface area contributed by atoms with E-state index in [0.29, 0.717) is 17.0 Å². The van der Waals surface area contributed by atoms with E-state index in [-0.39, 0.29) is 11.9 Å². The van der Waals surface area contributed by atoms with Crippen molar-refractivity contribution in [1.82, 2.24) is 0 Å². The number of nitrogens with two attached hydrogens (primary N) is 1. The number of thiophene rings is 1. The summed E-state index contributed by atoms with van der Waals surface area (Å²) >= 11 is 1.48. The average Bonchev–Trinajstić information content (AvgIpc) is 2.84. The lowest BCUT2D eigenvalue weighted by Crippen LogP contribution is -2.35. The molecule has 0 radical (unpaired) electrons. The number of fused-ring (bicyclic) bond motifs is 1. The van der Waals surface area contributed by atoms with Gasteiger partial charge in [0.05, 0.1) is 18.7 Å². The minimum atomic E-state index is -0.542. The number of hydrogen-bond acceptors (Lipinski definition) is 5. The van der Waals surface area contributed by atoms with Crippen molar-refractivity contribution in [2.75, 3.05) is 12.4 Å². The second-order valence-corrected chi connectivity index (χ2v) is 6.40. The monoisotopic (exact) mass is 310 g/mol.